The largest absolute Gasteiger partial charge is 0.444 e. The number of sulfone groups is 1. The zero-order valence-electron chi connectivity index (χ0n) is 21.7. The predicted octanol–water partition coefficient (Wildman–Crippen LogP) is 4.04. The summed E-state index contributed by atoms with van der Waals surface area (Å²) in [5, 5.41) is 2.92. The first-order chi connectivity index (χ1) is 17.3. The average Bonchev–Trinajstić information content (AvgIpc) is 3.25. The maximum Gasteiger partial charge on any atom is 0.408 e. The van der Waals surface area contributed by atoms with E-state index in [-0.39, 0.29) is 29.2 Å². The normalized spacial score (nSPS) is 22.5. The molecule has 4 rings (SSSR count). The molecule has 2 amide bonds. The van der Waals surface area contributed by atoms with Gasteiger partial charge in [-0.15, -0.1) is 0 Å². The number of carbonyl (C=O) groups is 2. The third kappa shape index (κ3) is 6.54. The van der Waals surface area contributed by atoms with Crippen LogP contribution in [0.2, 0.25) is 0 Å². The number of carbonyl (C=O) groups excluding carboxylic acids is 2. The summed E-state index contributed by atoms with van der Waals surface area (Å²) in [5.74, 6) is -0.467. The van der Waals surface area contributed by atoms with Crippen LogP contribution in [0.5, 0.6) is 0 Å². The molecule has 0 aromatic heterocycles. The Kier molecular flexibility index (Phi) is 7.71. The summed E-state index contributed by atoms with van der Waals surface area (Å²) in [6, 6.07) is 14.0. The molecule has 3 atom stereocenters. The Morgan fingerprint density at radius 3 is 2.49 bits per heavy atom. The Balaban J connectivity index is 1.68. The lowest BCUT2D eigenvalue weighted by atomic mass is 10.1. The summed E-state index contributed by atoms with van der Waals surface area (Å²) >= 11 is 1.31. The number of aryl methyl sites for hydroxylation is 1. The number of anilines is 1. The van der Waals surface area contributed by atoms with E-state index in [0.29, 0.717) is 5.17 Å². The van der Waals surface area contributed by atoms with E-state index in [4.69, 9.17) is 4.74 Å². The molecule has 10 heteroatoms. The van der Waals surface area contributed by atoms with E-state index >= 15 is 0 Å². The molecular formula is C27H33N3O5S2. The summed E-state index contributed by atoms with van der Waals surface area (Å²) < 4.78 is 30.3. The first-order valence-electron chi connectivity index (χ1n) is 12.2. The van der Waals surface area contributed by atoms with Crippen molar-refractivity contribution in [2.45, 2.75) is 64.0 Å². The number of rotatable bonds is 5. The minimum atomic E-state index is -3.19. The summed E-state index contributed by atoms with van der Waals surface area (Å²) in [7, 11) is -3.19. The molecule has 2 aliphatic rings. The molecule has 2 heterocycles. The van der Waals surface area contributed by atoms with Gasteiger partial charge in [-0.3, -0.25) is 4.79 Å². The maximum absolute atomic E-state index is 13.6. The molecule has 0 bridgehead atoms. The zero-order valence-corrected chi connectivity index (χ0v) is 23.4. The molecule has 198 valence electrons. The van der Waals surface area contributed by atoms with Gasteiger partial charge in [-0.2, -0.15) is 4.99 Å². The molecule has 37 heavy (non-hydrogen) atoms. The van der Waals surface area contributed by atoms with Crippen LogP contribution in [0.3, 0.4) is 0 Å². The quantitative estimate of drug-likeness (QED) is 0.607. The Hall–Kier alpha value is -2.85. The van der Waals surface area contributed by atoms with Gasteiger partial charge in [0.25, 0.3) is 5.91 Å². The molecule has 8 nitrogen and oxygen atoms in total. The van der Waals surface area contributed by atoms with Gasteiger partial charge < -0.3 is 15.0 Å². The van der Waals surface area contributed by atoms with E-state index in [2.05, 4.69) is 10.3 Å². The van der Waals surface area contributed by atoms with Crippen molar-refractivity contribution in [3.63, 3.8) is 0 Å². The van der Waals surface area contributed by atoms with Crippen molar-refractivity contribution in [2.75, 3.05) is 16.4 Å². The molecule has 0 saturated carbocycles. The third-order valence-corrected chi connectivity index (χ3v) is 9.59. The van der Waals surface area contributed by atoms with Crippen molar-refractivity contribution in [1.82, 2.24) is 5.32 Å². The van der Waals surface area contributed by atoms with Gasteiger partial charge in [0.05, 0.1) is 17.5 Å². The number of nitrogens with zero attached hydrogens (tertiary/aromatic N) is 2. The summed E-state index contributed by atoms with van der Waals surface area (Å²) in [6.45, 7) is 9.24. The third-order valence-electron chi connectivity index (χ3n) is 6.38. The van der Waals surface area contributed by atoms with E-state index in [1.165, 1.54) is 11.8 Å². The predicted molar refractivity (Wildman–Crippen MR) is 148 cm³/mol. The summed E-state index contributed by atoms with van der Waals surface area (Å²) in [5.41, 5.74) is 3.04. The van der Waals surface area contributed by atoms with Gasteiger partial charge in [-0.05, 0) is 57.4 Å². The Morgan fingerprint density at radius 1 is 1.11 bits per heavy atom. The molecule has 0 spiro atoms. The van der Waals surface area contributed by atoms with Crippen LogP contribution in [0, 0.1) is 13.8 Å². The van der Waals surface area contributed by atoms with Gasteiger partial charge in [-0.1, -0.05) is 54.2 Å². The SMILES string of the molecule is Cc1cccc(N2C(=NC(=O)[C@H](Cc3ccccc3)NC(=O)OC(C)(C)C)S[C@H]3CS(=O)(=O)C[C@H]32)c1C. The maximum atomic E-state index is 13.6. The second-order valence-corrected chi connectivity index (χ2v) is 13.9. The highest BCUT2D eigenvalue weighted by Crippen LogP contribution is 2.42. The van der Waals surface area contributed by atoms with Crippen LogP contribution in [0.4, 0.5) is 10.5 Å². The number of thioether (sulfide) groups is 1. The molecular weight excluding hydrogens is 510 g/mol. The number of amidine groups is 1. The van der Waals surface area contributed by atoms with E-state index in [0.717, 1.165) is 22.4 Å². The fourth-order valence-corrected chi connectivity index (χ4v) is 8.43. The van der Waals surface area contributed by atoms with Crippen LogP contribution in [0.1, 0.15) is 37.5 Å². The van der Waals surface area contributed by atoms with Crippen LogP contribution >= 0.6 is 11.8 Å². The Morgan fingerprint density at radius 2 is 1.81 bits per heavy atom. The van der Waals surface area contributed by atoms with Gasteiger partial charge in [0.15, 0.2) is 15.0 Å². The highest BCUT2D eigenvalue weighted by molar-refractivity contribution is 8.16. The molecule has 0 aliphatic carbocycles. The molecule has 0 unspecified atom stereocenters. The lowest BCUT2D eigenvalue weighted by Gasteiger charge is -2.27. The first-order valence-corrected chi connectivity index (χ1v) is 14.9. The lowest BCUT2D eigenvalue weighted by Crippen LogP contribution is -2.45. The molecule has 2 aromatic carbocycles. The second-order valence-electron chi connectivity index (χ2n) is 10.5. The number of alkyl carbamates (subject to hydrolysis) is 1. The fraction of sp³-hybridized carbons (Fsp3) is 0.444. The van der Waals surface area contributed by atoms with E-state index in [1.54, 1.807) is 20.8 Å². The zero-order chi connectivity index (χ0) is 27.0. The van der Waals surface area contributed by atoms with Gasteiger partial charge in [-0.25, -0.2) is 13.2 Å². The van der Waals surface area contributed by atoms with E-state index < -0.39 is 33.5 Å². The monoisotopic (exact) mass is 543 g/mol. The minimum Gasteiger partial charge on any atom is -0.444 e. The lowest BCUT2D eigenvalue weighted by molar-refractivity contribution is -0.119. The molecule has 2 fully saturated rings. The second kappa shape index (κ2) is 10.5. The molecule has 2 saturated heterocycles. The molecule has 0 radical (unpaired) electrons. The number of hydrogen-bond donors (Lipinski definition) is 1. The number of hydrogen-bond acceptors (Lipinski definition) is 6. The topological polar surface area (TPSA) is 105 Å². The Labute approximate surface area is 222 Å². The minimum absolute atomic E-state index is 0.00879. The molecule has 2 aliphatic heterocycles. The van der Waals surface area contributed by atoms with Crippen molar-refractivity contribution in [3.05, 3.63) is 65.2 Å². The van der Waals surface area contributed by atoms with Crippen molar-refractivity contribution >= 4 is 44.5 Å². The fourth-order valence-electron chi connectivity index (χ4n) is 4.51. The number of fused-ring (bicyclic) bond motifs is 1. The van der Waals surface area contributed by atoms with Gasteiger partial charge >= 0.3 is 6.09 Å². The van der Waals surface area contributed by atoms with Crippen LogP contribution in [0.15, 0.2) is 53.5 Å². The summed E-state index contributed by atoms with van der Waals surface area (Å²) in [6.07, 6.45) is -0.458. The average molecular weight is 544 g/mol. The standard InChI is InChI=1S/C27H33N3O5S2/c1-17-10-9-13-21(18(17)2)30-22-15-37(33,34)16-23(22)36-25(30)29-24(31)20(14-19-11-7-6-8-12-19)28-26(32)35-27(3,4)5/h6-13,20,22-23H,14-16H2,1-5H3,(H,28,32)/t20-,22+,23-/m0/s1. The van der Waals surface area contributed by atoms with Crippen molar-refractivity contribution < 1.29 is 22.7 Å². The first kappa shape index (κ1) is 27.2. The number of ether oxygens (including phenoxy) is 1. The van der Waals surface area contributed by atoms with Gasteiger partial charge in [0.2, 0.25) is 0 Å². The summed E-state index contributed by atoms with van der Waals surface area (Å²) in [4.78, 5) is 32.5. The van der Waals surface area contributed by atoms with Crippen LogP contribution in [0.25, 0.3) is 0 Å². The van der Waals surface area contributed by atoms with Crippen LogP contribution < -0.4 is 10.2 Å². The van der Waals surface area contributed by atoms with Crippen molar-refractivity contribution in [3.8, 4) is 0 Å². The highest BCUT2D eigenvalue weighted by atomic mass is 32.2. The molecule has 2 aromatic rings. The smallest absolute Gasteiger partial charge is 0.408 e. The van der Waals surface area contributed by atoms with E-state index in [1.807, 2.05) is 67.3 Å². The molecule has 1 N–H and O–H groups in total. The van der Waals surface area contributed by atoms with Crippen molar-refractivity contribution in [1.29, 1.82) is 0 Å². The van der Waals surface area contributed by atoms with Crippen LogP contribution in [-0.4, -0.2) is 60.0 Å². The van der Waals surface area contributed by atoms with Gasteiger partial charge in [0, 0.05) is 17.4 Å². The van der Waals surface area contributed by atoms with E-state index in [9.17, 15) is 18.0 Å². The number of nitrogens with one attached hydrogen (secondary N) is 1. The van der Waals surface area contributed by atoms with Crippen molar-refractivity contribution in [2.24, 2.45) is 4.99 Å². The van der Waals surface area contributed by atoms with Crippen LogP contribution in [-0.2, 0) is 25.8 Å². The van der Waals surface area contributed by atoms with Gasteiger partial charge in [0.1, 0.15) is 11.6 Å². The number of amides is 2. The number of benzene rings is 2. The highest BCUT2D eigenvalue weighted by Gasteiger charge is 2.50. The Bertz CT molecular complexity index is 1320. The number of aliphatic imine (C=N–C) groups is 1.